The van der Waals surface area contributed by atoms with Gasteiger partial charge in [0.05, 0.1) is 6.26 Å². The van der Waals surface area contributed by atoms with Crippen LogP contribution in [0.15, 0.2) is 0 Å². The number of carbonyl (C=O) groups is 1. The summed E-state index contributed by atoms with van der Waals surface area (Å²) in [5.74, 6) is -0.223. The molecule has 21 heavy (non-hydrogen) atoms. The fourth-order valence-electron chi connectivity index (χ4n) is 1.98. The van der Waals surface area contributed by atoms with Crippen molar-refractivity contribution >= 4 is 15.8 Å². The Morgan fingerprint density at radius 1 is 1.00 bits per heavy atom. The number of hydrogen-bond donors (Lipinski definition) is 0. The summed E-state index contributed by atoms with van der Waals surface area (Å²) in [6.45, 7) is 13.1. The van der Waals surface area contributed by atoms with Crippen LogP contribution in [0.2, 0.25) is 0 Å². The van der Waals surface area contributed by atoms with E-state index >= 15 is 0 Å². The first kappa shape index (κ1) is 28.7. The Morgan fingerprint density at radius 3 is 1.52 bits per heavy atom. The average molecular weight is 326 g/mol. The highest BCUT2D eigenvalue weighted by Crippen LogP contribution is 2.24. The zero-order valence-corrected chi connectivity index (χ0v) is 13.7. The van der Waals surface area contributed by atoms with Crippen LogP contribution in [0, 0.1) is 11.3 Å². The second-order valence-corrected chi connectivity index (χ2v) is 8.89. The average Bonchev–Trinajstić information content (AvgIpc) is 2.07. The van der Waals surface area contributed by atoms with Gasteiger partial charge >= 0.3 is 0 Å². The molecule has 5 heteroatoms. The predicted molar refractivity (Wildman–Crippen MR) is 95.1 cm³/mol. The molecule has 0 aromatic heterocycles. The van der Waals surface area contributed by atoms with Crippen LogP contribution in [-0.2, 0) is 14.8 Å². The van der Waals surface area contributed by atoms with Gasteiger partial charge in [-0.25, -0.2) is 8.42 Å². The second kappa shape index (κ2) is 8.89. The summed E-state index contributed by atoms with van der Waals surface area (Å²) < 4.78 is 25.0. The topological polar surface area (TPSA) is 54.5 Å². The third-order valence-corrected chi connectivity index (χ3v) is 4.27. The van der Waals surface area contributed by atoms with Crippen molar-refractivity contribution < 1.29 is 13.2 Å². The van der Waals surface area contributed by atoms with Crippen molar-refractivity contribution in [3.63, 3.8) is 0 Å². The molecular weight excluding hydrogens is 286 g/mol. The molecule has 0 rings (SSSR count). The summed E-state index contributed by atoms with van der Waals surface area (Å²) in [4.78, 5) is 12.1. The van der Waals surface area contributed by atoms with Gasteiger partial charge in [-0.05, 0) is 20.8 Å². The number of ketones is 1. The molecule has 0 saturated carbocycles. The lowest BCUT2D eigenvalue weighted by molar-refractivity contribution is -0.130. The molecule has 0 amide bonds. The molecule has 0 aliphatic heterocycles. The van der Waals surface area contributed by atoms with Gasteiger partial charge in [-0.15, -0.1) is 0 Å². The Labute approximate surface area is 134 Å². The first-order chi connectivity index (χ1) is 7.67. The molecule has 0 fully saturated rings. The van der Waals surface area contributed by atoms with Gasteiger partial charge in [-0.1, -0.05) is 50.0 Å². The van der Waals surface area contributed by atoms with Crippen LogP contribution in [0.5, 0.6) is 0 Å². The smallest absolute Gasteiger partial charge is 0.211 e. The Morgan fingerprint density at radius 2 is 1.33 bits per heavy atom. The van der Waals surface area contributed by atoms with Crippen LogP contribution < -0.4 is 0 Å². The van der Waals surface area contributed by atoms with Crippen molar-refractivity contribution in [1.82, 2.24) is 4.31 Å². The SMILES string of the molecule is C.C.C.CC(CN(C(C)(C)C)S(C)(=O)=O)C(=O)C(C)(C)C. The van der Waals surface area contributed by atoms with Gasteiger partial charge in [0.2, 0.25) is 10.0 Å². The lowest BCUT2D eigenvalue weighted by atomic mass is 9.83. The number of rotatable bonds is 4. The van der Waals surface area contributed by atoms with E-state index in [9.17, 15) is 13.2 Å². The van der Waals surface area contributed by atoms with Gasteiger partial charge in [0, 0.05) is 23.4 Å². The number of hydrogen-bond acceptors (Lipinski definition) is 3. The largest absolute Gasteiger partial charge is 0.299 e. The summed E-state index contributed by atoms with van der Waals surface area (Å²) >= 11 is 0. The maximum Gasteiger partial charge on any atom is 0.211 e. The molecule has 0 aromatic carbocycles. The lowest BCUT2D eigenvalue weighted by Crippen LogP contribution is -2.48. The van der Waals surface area contributed by atoms with Crippen LogP contribution >= 0.6 is 0 Å². The standard InChI is InChI=1S/C13H27NO3S.3CH4/c1-10(11(15)12(2,3)4)9-14(13(5,6)7)18(8,16)17;;;/h10H,9H2,1-8H3;3*1H4. The zero-order chi connectivity index (χ0) is 14.9. The first-order valence-electron chi connectivity index (χ1n) is 6.19. The van der Waals surface area contributed by atoms with Crippen molar-refractivity contribution in [2.45, 2.75) is 76.3 Å². The van der Waals surface area contributed by atoms with Crippen molar-refractivity contribution in [3.8, 4) is 0 Å². The fraction of sp³-hybridized carbons (Fsp3) is 0.938. The molecule has 0 heterocycles. The van der Waals surface area contributed by atoms with Gasteiger partial charge in [0.15, 0.2) is 0 Å². The highest BCUT2D eigenvalue weighted by molar-refractivity contribution is 7.88. The van der Waals surface area contributed by atoms with Gasteiger partial charge in [-0.2, -0.15) is 4.31 Å². The minimum Gasteiger partial charge on any atom is -0.299 e. The molecule has 1 unspecified atom stereocenters. The molecular formula is C16H39NO3S. The monoisotopic (exact) mass is 325 g/mol. The summed E-state index contributed by atoms with van der Waals surface area (Å²) in [6, 6.07) is 0. The first-order valence-corrected chi connectivity index (χ1v) is 8.04. The zero-order valence-electron chi connectivity index (χ0n) is 12.9. The van der Waals surface area contributed by atoms with E-state index in [0.29, 0.717) is 0 Å². The third-order valence-electron chi connectivity index (χ3n) is 2.78. The number of sulfonamides is 1. The maximum atomic E-state index is 12.1. The number of Topliss-reactive ketones (excluding diaryl/α,β-unsaturated/α-hetero) is 1. The Hall–Kier alpha value is -0.420. The molecule has 0 N–H and O–H groups in total. The molecule has 0 radical (unpaired) electrons. The van der Waals surface area contributed by atoms with Gasteiger partial charge in [-0.3, -0.25) is 4.79 Å². The molecule has 0 saturated heterocycles. The molecule has 0 aromatic rings. The molecule has 132 valence electrons. The number of carbonyl (C=O) groups excluding carboxylic acids is 1. The molecule has 0 bridgehead atoms. The highest BCUT2D eigenvalue weighted by Gasteiger charge is 2.35. The minimum absolute atomic E-state index is 0. The highest BCUT2D eigenvalue weighted by atomic mass is 32.2. The van der Waals surface area contributed by atoms with Crippen molar-refractivity contribution in [3.05, 3.63) is 0 Å². The van der Waals surface area contributed by atoms with E-state index in [1.54, 1.807) is 6.92 Å². The van der Waals surface area contributed by atoms with Gasteiger partial charge in [0.1, 0.15) is 5.78 Å². The summed E-state index contributed by atoms with van der Waals surface area (Å²) in [5, 5.41) is 0. The van der Waals surface area contributed by atoms with Crippen LogP contribution in [-0.4, -0.2) is 36.8 Å². The van der Waals surface area contributed by atoms with Crippen molar-refractivity contribution in [2.75, 3.05) is 12.8 Å². The van der Waals surface area contributed by atoms with Crippen molar-refractivity contribution in [1.29, 1.82) is 0 Å². The Bertz CT molecular complexity index is 400. The molecule has 0 aliphatic carbocycles. The Balaban J connectivity index is -0.000000482. The van der Waals surface area contributed by atoms with E-state index in [0.717, 1.165) is 0 Å². The van der Waals surface area contributed by atoms with Crippen LogP contribution in [0.1, 0.15) is 70.7 Å². The van der Waals surface area contributed by atoms with E-state index in [1.165, 1.54) is 10.6 Å². The van der Waals surface area contributed by atoms with E-state index in [1.807, 2.05) is 41.5 Å². The summed E-state index contributed by atoms with van der Waals surface area (Å²) in [5.41, 5.74) is -0.958. The number of nitrogens with zero attached hydrogens (tertiary/aromatic N) is 1. The fourth-order valence-corrected chi connectivity index (χ4v) is 3.47. The normalized spacial score (nSPS) is 13.6. The Kier molecular flexibility index (Phi) is 12.1. The maximum absolute atomic E-state index is 12.1. The van der Waals surface area contributed by atoms with Crippen LogP contribution in [0.4, 0.5) is 0 Å². The molecule has 0 spiro atoms. The van der Waals surface area contributed by atoms with Crippen LogP contribution in [0.3, 0.4) is 0 Å². The molecule has 0 aliphatic rings. The van der Waals surface area contributed by atoms with Crippen molar-refractivity contribution in [2.24, 2.45) is 11.3 Å². The van der Waals surface area contributed by atoms with E-state index < -0.39 is 21.0 Å². The molecule has 4 nitrogen and oxygen atoms in total. The second-order valence-electron chi connectivity index (χ2n) is 6.98. The minimum atomic E-state index is -3.32. The van der Waals surface area contributed by atoms with E-state index in [4.69, 9.17) is 0 Å². The summed E-state index contributed by atoms with van der Waals surface area (Å²) in [6.07, 6.45) is 1.19. The van der Waals surface area contributed by atoms with Gasteiger partial charge in [0.25, 0.3) is 0 Å². The van der Waals surface area contributed by atoms with Crippen LogP contribution in [0.25, 0.3) is 0 Å². The third kappa shape index (κ3) is 9.25. The quantitative estimate of drug-likeness (QED) is 0.778. The van der Waals surface area contributed by atoms with E-state index in [-0.39, 0.29) is 40.5 Å². The van der Waals surface area contributed by atoms with E-state index in [2.05, 4.69) is 0 Å². The van der Waals surface area contributed by atoms with Gasteiger partial charge < -0.3 is 0 Å². The lowest BCUT2D eigenvalue weighted by Gasteiger charge is -2.36. The predicted octanol–water partition coefficient (Wildman–Crippen LogP) is 4.21. The summed E-state index contributed by atoms with van der Waals surface area (Å²) in [7, 11) is -3.32. The molecule has 1 atom stereocenters.